The van der Waals surface area contributed by atoms with Crippen LogP contribution in [0.15, 0.2) is 6.07 Å². The number of hydrogen-bond donors (Lipinski definition) is 2. The molecular weight excluding hydrogens is 286 g/mol. The third-order valence-corrected chi connectivity index (χ3v) is 6.30. The monoisotopic (exact) mass is 311 g/mol. The quantitative estimate of drug-likeness (QED) is 0.896. The maximum atomic E-state index is 9.86. The topological polar surface area (TPSA) is 68.9 Å². The molecule has 0 aromatic carbocycles. The third-order valence-electron chi connectivity index (χ3n) is 6.30. The number of nitrogens with zero attached hydrogens (tertiary/aromatic N) is 2. The van der Waals surface area contributed by atoms with Crippen molar-refractivity contribution in [2.24, 2.45) is 10.8 Å². The first-order chi connectivity index (χ1) is 11.2. The Kier molecular flexibility index (Phi) is 3.57. The number of aliphatic hydroxyl groups is 1. The minimum absolute atomic E-state index is 0.00920. The van der Waals surface area contributed by atoms with Crippen LogP contribution in [0.4, 0.5) is 5.82 Å². The first kappa shape index (κ1) is 15.0. The molecule has 0 amide bonds. The van der Waals surface area contributed by atoms with E-state index in [-0.39, 0.29) is 12.0 Å². The summed E-state index contributed by atoms with van der Waals surface area (Å²) in [5.74, 6) is 0.718. The number of hydrogen-bond acceptors (Lipinski definition) is 4. The lowest BCUT2D eigenvalue weighted by Crippen LogP contribution is -2.55. The van der Waals surface area contributed by atoms with Crippen molar-refractivity contribution in [1.82, 2.24) is 4.98 Å². The largest absolute Gasteiger partial charge is 0.396 e. The van der Waals surface area contributed by atoms with Gasteiger partial charge in [-0.3, -0.25) is 0 Å². The van der Waals surface area contributed by atoms with Crippen LogP contribution in [-0.2, 0) is 12.8 Å². The lowest BCUT2D eigenvalue weighted by atomic mass is 9.45. The average molecular weight is 311 g/mol. The van der Waals surface area contributed by atoms with Crippen molar-refractivity contribution in [3.05, 3.63) is 22.9 Å². The highest BCUT2D eigenvalue weighted by atomic mass is 16.3. The van der Waals surface area contributed by atoms with Crippen LogP contribution in [0, 0.1) is 22.2 Å². The van der Waals surface area contributed by atoms with Crippen LogP contribution < -0.4 is 5.32 Å². The Morgan fingerprint density at radius 2 is 2.00 bits per heavy atom. The molecule has 4 rings (SSSR count). The second-order valence-electron chi connectivity index (χ2n) is 8.03. The number of fused-ring (bicyclic) bond motifs is 1. The smallest absolute Gasteiger partial charge is 0.144 e. The molecule has 1 spiro atoms. The minimum Gasteiger partial charge on any atom is -0.396 e. The molecule has 3 aliphatic carbocycles. The summed E-state index contributed by atoms with van der Waals surface area (Å²) in [7, 11) is 0. The van der Waals surface area contributed by atoms with Crippen LogP contribution in [0.5, 0.6) is 0 Å². The van der Waals surface area contributed by atoms with Crippen molar-refractivity contribution in [2.75, 3.05) is 18.5 Å². The van der Waals surface area contributed by atoms with Crippen LogP contribution >= 0.6 is 0 Å². The van der Waals surface area contributed by atoms with Gasteiger partial charge in [-0.2, -0.15) is 5.26 Å². The van der Waals surface area contributed by atoms with Gasteiger partial charge in [0, 0.05) is 17.7 Å². The molecule has 1 heterocycles. The summed E-state index contributed by atoms with van der Waals surface area (Å²) in [5.41, 5.74) is 3.57. The Balaban J connectivity index is 1.49. The molecule has 4 heteroatoms. The van der Waals surface area contributed by atoms with E-state index >= 15 is 0 Å². The molecule has 0 aliphatic heterocycles. The molecule has 23 heavy (non-hydrogen) atoms. The number of nitriles is 1. The SMILES string of the molecule is N#Cc1cc2c(nc1NCC1(CO)CC3(CCC3)C1)CCCC2. The van der Waals surface area contributed by atoms with E-state index in [4.69, 9.17) is 4.98 Å². The third kappa shape index (κ3) is 2.52. The van der Waals surface area contributed by atoms with Gasteiger partial charge < -0.3 is 10.4 Å². The highest BCUT2D eigenvalue weighted by Gasteiger charge is 2.56. The molecule has 0 saturated heterocycles. The summed E-state index contributed by atoms with van der Waals surface area (Å²) in [6.45, 7) is 0.959. The van der Waals surface area contributed by atoms with Crippen molar-refractivity contribution < 1.29 is 5.11 Å². The molecule has 122 valence electrons. The second kappa shape index (κ2) is 5.49. The predicted octanol–water partition coefficient (Wildman–Crippen LogP) is 3.19. The molecule has 2 fully saturated rings. The fourth-order valence-electron chi connectivity index (χ4n) is 4.99. The lowest BCUT2D eigenvalue weighted by molar-refractivity contribution is -0.113. The Bertz CT molecular complexity index is 649. The maximum Gasteiger partial charge on any atom is 0.144 e. The molecular formula is C19H25N3O. The van der Waals surface area contributed by atoms with Crippen LogP contribution in [-0.4, -0.2) is 23.2 Å². The summed E-state index contributed by atoms with van der Waals surface area (Å²) < 4.78 is 0. The minimum atomic E-state index is -0.00920. The standard InChI is InChI=1S/C19H25N3O/c20-9-15-8-14-4-1-2-5-16(14)22-17(15)21-12-19(13-23)10-18(11-19)6-3-7-18/h8,23H,1-7,10-13H2,(H,21,22). The lowest BCUT2D eigenvalue weighted by Gasteiger charge is -2.60. The average Bonchev–Trinajstić information content (AvgIpc) is 2.52. The Labute approximate surface area is 137 Å². The number of pyridine rings is 1. The summed E-state index contributed by atoms with van der Waals surface area (Å²) in [6, 6.07) is 4.30. The van der Waals surface area contributed by atoms with Gasteiger partial charge >= 0.3 is 0 Å². The molecule has 4 nitrogen and oxygen atoms in total. The molecule has 0 atom stereocenters. The van der Waals surface area contributed by atoms with E-state index in [2.05, 4.69) is 11.4 Å². The van der Waals surface area contributed by atoms with E-state index in [0.29, 0.717) is 11.0 Å². The van der Waals surface area contributed by atoms with Gasteiger partial charge in [-0.25, -0.2) is 4.98 Å². The van der Waals surface area contributed by atoms with E-state index in [9.17, 15) is 10.4 Å². The van der Waals surface area contributed by atoms with E-state index in [1.807, 2.05) is 6.07 Å². The van der Waals surface area contributed by atoms with Crippen molar-refractivity contribution >= 4 is 5.82 Å². The zero-order valence-electron chi connectivity index (χ0n) is 13.7. The highest BCUT2D eigenvalue weighted by molar-refractivity contribution is 5.55. The van der Waals surface area contributed by atoms with Crippen molar-refractivity contribution in [2.45, 2.75) is 57.8 Å². The summed E-state index contributed by atoms with van der Waals surface area (Å²) in [5, 5.41) is 22.7. The van der Waals surface area contributed by atoms with Crippen molar-refractivity contribution in [3.8, 4) is 6.07 Å². The molecule has 0 bridgehead atoms. The van der Waals surface area contributed by atoms with Gasteiger partial charge in [-0.1, -0.05) is 6.42 Å². The van der Waals surface area contributed by atoms with Crippen LogP contribution in [0.3, 0.4) is 0 Å². The summed E-state index contributed by atoms with van der Waals surface area (Å²) in [6.07, 6.45) is 10.7. The number of aliphatic hydroxyl groups excluding tert-OH is 1. The number of nitrogens with one attached hydrogen (secondary N) is 1. The Morgan fingerprint density at radius 3 is 2.65 bits per heavy atom. The Morgan fingerprint density at radius 1 is 1.22 bits per heavy atom. The van der Waals surface area contributed by atoms with Crippen LogP contribution in [0.25, 0.3) is 0 Å². The fourth-order valence-corrected chi connectivity index (χ4v) is 4.99. The molecule has 0 radical (unpaired) electrons. The number of anilines is 1. The molecule has 0 unspecified atom stereocenters. The van der Waals surface area contributed by atoms with Crippen molar-refractivity contribution in [1.29, 1.82) is 5.26 Å². The number of aromatic nitrogens is 1. The molecule has 3 aliphatic rings. The Hall–Kier alpha value is -1.60. The van der Waals surface area contributed by atoms with E-state index < -0.39 is 0 Å². The van der Waals surface area contributed by atoms with E-state index in [0.717, 1.165) is 43.7 Å². The maximum absolute atomic E-state index is 9.86. The fraction of sp³-hybridized carbons (Fsp3) is 0.684. The number of aryl methyl sites for hydroxylation is 2. The molecule has 1 aromatic heterocycles. The van der Waals surface area contributed by atoms with Crippen molar-refractivity contribution in [3.63, 3.8) is 0 Å². The molecule has 2 saturated carbocycles. The van der Waals surface area contributed by atoms with Gasteiger partial charge in [0.15, 0.2) is 0 Å². The van der Waals surface area contributed by atoms with Crippen LogP contribution in [0.1, 0.15) is 61.8 Å². The highest BCUT2D eigenvalue weighted by Crippen LogP contribution is 2.64. The zero-order valence-corrected chi connectivity index (χ0v) is 13.7. The van der Waals surface area contributed by atoms with Gasteiger partial charge in [0.2, 0.25) is 0 Å². The second-order valence-corrected chi connectivity index (χ2v) is 8.03. The van der Waals surface area contributed by atoms with Crippen LogP contribution in [0.2, 0.25) is 0 Å². The normalized spacial score (nSPS) is 23.3. The molecule has 2 N–H and O–H groups in total. The van der Waals surface area contributed by atoms with Gasteiger partial charge in [-0.15, -0.1) is 0 Å². The number of rotatable bonds is 4. The summed E-state index contributed by atoms with van der Waals surface area (Å²) >= 11 is 0. The van der Waals surface area contributed by atoms with Gasteiger partial charge in [0.05, 0.1) is 12.2 Å². The van der Waals surface area contributed by atoms with Gasteiger partial charge in [0.25, 0.3) is 0 Å². The zero-order chi connectivity index (χ0) is 15.9. The first-order valence-electron chi connectivity index (χ1n) is 8.95. The molecule has 1 aromatic rings. The summed E-state index contributed by atoms with van der Waals surface area (Å²) in [4.78, 5) is 4.74. The van der Waals surface area contributed by atoms with Gasteiger partial charge in [-0.05, 0) is 68.4 Å². The van der Waals surface area contributed by atoms with E-state index in [1.165, 1.54) is 37.7 Å². The predicted molar refractivity (Wildman–Crippen MR) is 89.1 cm³/mol. The van der Waals surface area contributed by atoms with E-state index in [1.54, 1.807) is 0 Å². The van der Waals surface area contributed by atoms with Gasteiger partial charge in [0.1, 0.15) is 11.9 Å². The first-order valence-corrected chi connectivity index (χ1v) is 8.95.